The number of pyridine rings is 1. The molecule has 1 aliphatic heterocycles. The van der Waals surface area contributed by atoms with E-state index in [2.05, 4.69) is 28.9 Å². The highest BCUT2D eigenvalue weighted by Gasteiger charge is 2.23. The summed E-state index contributed by atoms with van der Waals surface area (Å²) in [7, 11) is 0. The van der Waals surface area contributed by atoms with E-state index in [1.807, 2.05) is 6.20 Å². The third-order valence-electron chi connectivity index (χ3n) is 2.84. The average Bonchev–Trinajstić information content (AvgIpc) is 2.67. The first-order valence-corrected chi connectivity index (χ1v) is 5.20. The van der Waals surface area contributed by atoms with Gasteiger partial charge in [-0.1, -0.05) is 6.07 Å². The van der Waals surface area contributed by atoms with Crippen LogP contribution in [0.5, 0.6) is 0 Å². The molecular formula is C11H17N3. The molecule has 0 radical (unpaired) electrons. The van der Waals surface area contributed by atoms with Crippen LogP contribution in [0.15, 0.2) is 18.3 Å². The fraction of sp³-hybridized carbons (Fsp3) is 0.545. The summed E-state index contributed by atoms with van der Waals surface area (Å²) in [5.41, 5.74) is 6.93. The van der Waals surface area contributed by atoms with Crippen molar-refractivity contribution in [3.05, 3.63) is 23.9 Å². The lowest BCUT2D eigenvalue weighted by Gasteiger charge is -2.24. The zero-order chi connectivity index (χ0) is 9.97. The molecule has 0 aliphatic carbocycles. The van der Waals surface area contributed by atoms with Gasteiger partial charge in [-0.2, -0.15) is 0 Å². The minimum atomic E-state index is 0.491. The summed E-state index contributed by atoms with van der Waals surface area (Å²) in [4.78, 5) is 6.75. The Bertz CT molecular complexity index is 294. The van der Waals surface area contributed by atoms with Gasteiger partial charge in [0.15, 0.2) is 0 Å². The highest BCUT2D eigenvalue weighted by atomic mass is 15.2. The molecule has 0 aromatic carbocycles. The molecule has 14 heavy (non-hydrogen) atoms. The Morgan fingerprint density at radius 1 is 1.57 bits per heavy atom. The van der Waals surface area contributed by atoms with E-state index in [1.54, 1.807) is 0 Å². The summed E-state index contributed by atoms with van der Waals surface area (Å²) in [6, 6.07) is 4.68. The second-order valence-electron chi connectivity index (χ2n) is 3.92. The van der Waals surface area contributed by atoms with Gasteiger partial charge in [0.25, 0.3) is 0 Å². The van der Waals surface area contributed by atoms with Crippen molar-refractivity contribution in [1.29, 1.82) is 0 Å². The van der Waals surface area contributed by atoms with Crippen molar-refractivity contribution >= 4 is 5.82 Å². The molecule has 0 amide bonds. The van der Waals surface area contributed by atoms with Crippen molar-refractivity contribution in [2.45, 2.75) is 25.8 Å². The van der Waals surface area contributed by atoms with Crippen LogP contribution >= 0.6 is 0 Å². The van der Waals surface area contributed by atoms with Crippen LogP contribution in [-0.4, -0.2) is 24.1 Å². The molecule has 1 aromatic heterocycles. The Morgan fingerprint density at radius 3 is 3.07 bits per heavy atom. The van der Waals surface area contributed by atoms with Gasteiger partial charge in [-0.3, -0.25) is 0 Å². The standard InChI is InChI=1S/C11H17N3/c1-9-4-5-11(13-8-9)14-6-2-3-10(14)7-12/h4-5,8,10H,2-3,6-7,12H2,1H3/t10-/m1/s1. The highest BCUT2D eigenvalue weighted by Crippen LogP contribution is 2.22. The molecule has 0 spiro atoms. The fourth-order valence-corrected chi connectivity index (χ4v) is 2.01. The number of hydrogen-bond donors (Lipinski definition) is 1. The lowest BCUT2D eigenvalue weighted by molar-refractivity contribution is 0.671. The van der Waals surface area contributed by atoms with E-state index in [0.717, 1.165) is 18.9 Å². The lowest BCUT2D eigenvalue weighted by atomic mass is 10.2. The van der Waals surface area contributed by atoms with Crippen molar-refractivity contribution < 1.29 is 0 Å². The molecule has 0 bridgehead atoms. The molecule has 1 aliphatic rings. The van der Waals surface area contributed by atoms with Gasteiger partial charge in [-0.15, -0.1) is 0 Å². The third-order valence-corrected chi connectivity index (χ3v) is 2.84. The molecular weight excluding hydrogens is 174 g/mol. The molecule has 2 rings (SSSR count). The Kier molecular flexibility index (Phi) is 2.68. The van der Waals surface area contributed by atoms with Crippen molar-refractivity contribution in [3.8, 4) is 0 Å². The topological polar surface area (TPSA) is 42.1 Å². The second-order valence-corrected chi connectivity index (χ2v) is 3.92. The van der Waals surface area contributed by atoms with E-state index in [0.29, 0.717) is 6.04 Å². The van der Waals surface area contributed by atoms with Gasteiger partial charge in [-0.05, 0) is 31.4 Å². The molecule has 1 atom stereocenters. The first kappa shape index (κ1) is 9.46. The van der Waals surface area contributed by atoms with E-state index < -0.39 is 0 Å². The Morgan fingerprint density at radius 2 is 2.43 bits per heavy atom. The predicted octanol–water partition coefficient (Wildman–Crippen LogP) is 1.32. The minimum absolute atomic E-state index is 0.491. The Balaban J connectivity index is 2.17. The van der Waals surface area contributed by atoms with Gasteiger partial charge >= 0.3 is 0 Å². The number of aromatic nitrogens is 1. The molecule has 2 N–H and O–H groups in total. The molecule has 1 fully saturated rings. The maximum Gasteiger partial charge on any atom is 0.128 e. The van der Waals surface area contributed by atoms with Crippen LogP contribution in [-0.2, 0) is 0 Å². The zero-order valence-corrected chi connectivity index (χ0v) is 8.61. The molecule has 3 heteroatoms. The molecule has 3 nitrogen and oxygen atoms in total. The Labute approximate surface area is 84.9 Å². The zero-order valence-electron chi connectivity index (χ0n) is 8.61. The summed E-state index contributed by atoms with van der Waals surface area (Å²) < 4.78 is 0. The van der Waals surface area contributed by atoms with Crippen LogP contribution in [0.2, 0.25) is 0 Å². The Hall–Kier alpha value is -1.09. The molecule has 1 aromatic rings. The maximum atomic E-state index is 5.72. The largest absolute Gasteiger partial charge is 0.352 e. The number of anilines is 1. The summed E-state index contributed by atoms with van der Waals surface area (Å²) in [6.45, 7) is 3.88. The van der Waals surface area contributed by atoms with Crippen LogP contribution in [0, 0.1) is 6.92 Å². The van der Waals surface area contributed by atoms with E-state index in [4.69, 9.17) is 5.73 Å². The minimum Gasteiger partial charge on any atom is -0.352 e. The highest BCUT2D eigenvalue weighted by molar-refractivity contribution is 5.41. The molecule has 0 unspecified atom stereocenters. The lowest BCUT2D eigenvalue weighted by Crippen LogP contribution is -2.35. The quantitative estimate of drug-likeness (QED) is 0.766. The second kappa shape index (κ2) is 3.96. The van der Waals surface area contributed by atoms with Crippen LogP contribution in [0.4, 0.5) is 5.82 Å². The van der Waals surface area contributed by atoms with Gasteiger partial charge in [-0.25, -0.2) is 4.98 Å². The summed E-state index contributed by atoms with van der Waals surface area (Å²) in [6.07, 6.45) is 4.35. The predicted molar refractivity (Wildman–Crippen MR) is 58.4 cm³/mol. The van der Waals surface area contributed by atoms with E-state index in [1.165, 1.54) is 18.4 Å². The summed E-state index contributed by atoms with van der Waals surface area (Å²) in [5.74, 6) is 1.07. The summed E-state index contributed by atoms with van der Waals surface area (Å²) in [5, 5.41) is 0. The van der Waals surface area contributed by atoms with Crippen molar-refractivity contribution in [2.24, 2.45) is 5.73 Å². The molecule has 0 saturated carbocycles. The van der Waals surface area contributed by atoms with Crippen molar-refractivity contribution in [2.75, 3.05) is 18.0 Å². The van der Waals surface area contributed by atoms with E-state index in [-0.39, 0.29) is 0 Å². The average molecular weight is 191 g/mol. The van der Waals surface area contributed by atoms with Crippen molar-refractivity contribution in [3.63, 3.8) is 0 Å². The van der Waals surface area contributed by atoms with Crippen LogP contribution in [0.1, 0.15) is 18.4 Å². The number of aryl methyl sites for hydroxylation is 1. The van der Waals surface area contributed by atoms with Gasteiger partial charge in [0.1, 0.15) is 5.82 Å². The molecule has 76 valence electrons. The normalized spacial score (nSPS) is 21.6. The van der Waals surface area contributed by atoms with Gasteiger partial charge < -0.3 is 10.6 Å². The van der Waals surface area contributed by atoms with Crippen molar-refractivity contribution in [1.82, 2.24) is 4.98 Å². The van der Waals surface area contributed by atoms with Crippen LogP contribution < -0.4 is 10.6 Å². The van der Waals surface area contributed by atoms with E-state index in [9.17, 15) is 0 Å². The molecule has 2 heterocycles. The van der Waals surface area contributed by atoms with Gasteiger partial charge in [0.2, 0.25) is 0 Å². The number of hydrogen-bond acceptors (Lipinski definition) is 3. The fourth-order valence-electron chi connectivity index (χ4n) is 2.01. The molecule has 1 saturated heterocycles. The first-order chi connectivity index (χ1) is 6.81. The number of nitrogens with zero attached hydrogens (tertiary/aromatic N) is 2. The number of nitrogens with two attached hydrogens (primary N) is 1. The SMILES string of the molecule is Cc1ccc(N2CCC[C@@H]2CN)nc1. The number of rotatable bonds is 2. The maximum absolute atomic E-state index is 5.72. The monoisotopic (exact) mass is 191 g/mol. The summed E-state index contributed by atoms with van der Waals surface area (Å²) >= 11 is 0. The third kappa shape index (κ3) is 1.73. The van der Waals surface area contributed by atoms with Gasteiger partial charge in [0.05, 0.1) is 0 Å². The van der Waals surface area contributed by atoms with Gasteiger partial charge in [0, 0.05) is 25.3 Å². The van der Waals surface area contributed by atoms with E-state index >= 15 is 0 Å². The van der Waals surface area contributed by atoms with Crippen LogP contribution in [0.25, 0.3) is 0 Å². The first-order valence-electron chi connectivity index (χ1n) is 5.20. The smallest absolute Gasteiger partial charge is 0.128 e. The van der Waals surface area contributed by atoms with Crippen LogP contribution in [0.3, 0.4) is 0 Å².